The Bertz CT molecular complexity index is 413. The lowest BCUT2D eigenvalue weighted by Gasteiger charge is -2.19. The van der Waals surface area contributed by atoms with Crippen molar-refractivity contribution in [3.8, 4) is 5.75 Å². The van der Waals surface area contributed by atoms with Crippen LogP contribution in [0, 0.1) is 12.8 Å². The number of aliphatic hydroxyl groups excluding tert-OH is 1. The monoisotopic (exact) mass is 240 g/mol. The lowest BCUT2D eigenvalue weighted by atomic mass is 9.92. The van der Waals surface area contributed by atoms with Gasteiger partial charge in [0.2, 0.25) is 0 Å². The van der Waals surface area contributed by atoms with Crippen LogP contribution in [0.1, 0.15) is 24.5 Å². The summed E-state index contributed by atoms with van der Waals surface area (Å²) in [7, 11) is 1.66. The van der Waals surface area contributed by atoms with Crippen molar-refractivity contribution in [1.29, 1.82) is 0 Å². The topological polar surface area (TPSA) is 29.5 Å². The predicted octanol–water partition coefficient (Wildman–Crippen LogP) is 2.93. The van der Waals surface area contributed by atoms with E-state index in [9.17, 15) is 5.11 Å². The van der Waals surface area contributed by atoms with Gasteiger partial charge >= 0.3 is 0 Å². The zero-order valence-corrected chi connectivity index (χ0v) is 10.6. The van der Waals surface area contributed by atoms with Gasteiger partial charge in [-0.3, -0.25) is 0 Å². The highest BCUT2D eigenvalue weighted by Gasteiger charge is 2.53. The van der Waals surface area contributed by atoms with Crippen LogP contribution in [0.2, 0.25) is 5.02 Å². The average Bonchev–Trinajstić information content (AvgIpc) is 2.94. The van der Waals surface area contributed by atoms with E-state index >= 15 is 0 Å². The molecular formula is C13H17ClO2. The first kappa shape index (κ1) is 11.7. The van der Waals surface area contributed by atoms with Crippen LogP contribution in [0.3, 0.4) is 0 Å². The van der Waals surface area contributed by atoms with E-state index in [0.29, 0.717) is 5.92 Å². The molecule has 1 saturated carbocycles. The number of ether oxygens (including phenoxy) is 1. The van der Waals surface area contributed by atoms with Gasteiger partial charge < -0.3 is 9.84 Å². The van der Waals surface area contributed by atoms with Gasteiger partial charge in [0.1, 0.15) is 5.75 Å². The maximum Gasteiger partial charge on any atom is 0.123 e. The lowest BCUT2D eigenvalue weighted by Crippen LogP contribution is -2.16. The minimum Gasteiger partial charge on any atom is -0.496 e. The zero-order chi connectivity index (χ0) is 11.9. The van der Waals surface area contributed by atoms with Gasteiger partial charge in [-0.2, -0.15) is 0 Å². The third kappa shape index (κ3) is 1.61. The number of rotatable bonds is 3. The number of benzene rings is 1. The molecule has 0 bridgehead atoms. The van der Waals surface area contributed by atoms with Crippen molar-refractivity contribution in [3.05, 3.63) is 28.3 Å². The fourth-order valence-corrected chi connectivity index (χ4v) is 2.55. The van der Waals surface area contributed by atoms with E-state index in [1.807, 2.05) is 19.1 Å². The van der Waals surface area contributed by atoms with E-state index in [4.69, 9.17) is 16.3 Å². The molecule has 88 valence electrons. The molecule has 0 aromatic heterocycles. The first-order chi connectivity index (χ1) is 7.55. The normalized spacial score (nSPS) is 27.9. The van der Waals surface area contributed by atoms with Crippen LogP contribution in [0.25, 0.3) is 0 Å². The highest BCUT2D eigenvalue weighted by atomic mass is 35.5. The summed E-state index contributed by atoms with van der Waals surface area (Å²) < 4.78 is 5.39. The second-order valence-corrected chi connectivity index (χ2v) is 5.13. The van der Waals surface area contributed by atoms with Crippen molar-refractivity contribution < 1.29 is 9.84 Å². The van der Waals surface area contributed by atoms with Gasteiger partial charge in [-0.1, -0.05) is 18.5 Å². The number of hydrogen-bond donors (Lipinski definition) is 1. The van der Waals surface area contributed by atoms with Crippen LogP contribution in [-0.4, -0.2) is 18.8 Å². The fraction of sp³-hybridized carbons (Fsp3) is 0.538. The molecule has 1 fully saturated rings. The second kappa shape index (κ2) is 3.94. The summed E-state index contributed by atoms with van der Waals surface area (Å²) >= 11 is 6.14. The smallest absolute Gasteiger partial charge is 0.123 e. The van der Waals surface area contributed by atoms with Gasteiger partial charge in [0.25, 0.3) is 0 Å². The van der Waals surface area contributed by atoms with Crippen LogP contribution in [0.4, 0.5) is 0 Å². The summed E-state index contributed by atoms with van der Waals surface area (Å²) in [6.07, 6.45) is 0.999. The molecule has 1 N–H and O–H groups in total. The molecule has 0 saturated heterocycles. The molecule has 0 radical (unpaired) electrons. The van der Waals surface area contributed by atoms with Crippen molar-refractivity contribution in [2.75, 3.05) is 13.7 Å². The van der Waals surface area contributed by atoms with Crippen LogP contribution in [-0.2, 0) is 5.41 Å². The molecule has 2 atom stereocenters. The summed E-state index contributed by atoms with van der Waals surface area (Å²) in [6, 6.07) is 3.88. The largest absolute Gasteiger partial charge is 0.496 e. The third-order valence-corrected chi connectivity index (χ3v) is 4.16. The summed E-state index contributed by atoms with van der Waals surface area (Å²) in [5, 5.41) is 10.3. The summed E-state index contributed by atoms with van der Waals surface area (Å²) in [6.45, 7) is 4.25. The molecule has 1 aliphatic rings. The predicted molar refractivity (Wildman–Crippen MR) is 65.3 cm³/mol. The van der Waals surface area contributed by atoms with Crippen LogP contribution >= 0.6 is 11.6 Å². The zero-order valence-electron chi connectivity index (χ0n) is 9.88. The van der Waals surface area contributed by atoms with E-state index in [1.54, 1.807) is 7.11 Å². The Morgan fingerprint density at radius 3 is 2.62 bits per heavy atom. The highest BCUT2D eigenvalue weighted by molar-refractivity contribution is 6.31. The molecule has 0 heterocycles. The average molecular weight is 241 g/mol. The Morgan fingerprint density at radius 2 is 2.19 bits per heavy atom. The molecule has 1 aromatic rings. The van der Waals surface area contributed by atoms with Gasteiger partial charge in [-0.15, -0.1) is 0 Å². The standard InChI is InChI=1S/C13H17ClO2/c1-8-4-12(16-3)10(5-11(8)14)13(7-15)6-9(13)2/h4-5,9,15H,6-7H2,1-3H3. The van der Waals surface area contributed by atoms with Crippen molar-refractivity contribution in [2.45, 2.75) is 25.7 Å². The first-order valence-electron chi connectivity index (χ1n) is 5.50. The van der Waals surface area contributed by atoms with Crippen molar-refractivity contribution in [1.82, 2.24) is 0 Å². The van der Waals surface area contributed by atoms with E-state index in [-0.39, 0.29) is 12.0 Å². The Kier molecular flexibility index (Phi) is 2.89. The van der Waals surface area contributed by atoms with Gasteiger partial charge in [-0.25, -0.2) is 0 Å². The molecule has 0 spiro atoms. The molecule has 1 aromatic carbocycles. The van der Waals surface area contributed by atoms with Gasteiger partial charge in [0.05, 0.1) is 13.7 Å². The molecule has 1 aliphatic carbocycles. The molecular weight excluding hydrogens is 224 g/mol. The SMILES string of the molecule is COc1cc(C)c(Cl)cc1C1(CO)CC1C. The number of halogens is 1. The minimum absolute atomic E-state index is 0.136. The minimum atomic E-state index is -0.136. The molecule has 2 rings (SSSR count). The van der Waals surface area contributed by atoms with Crippen molar-refractivity contribution in [3.63, 3.8) is 0 Å². The third-order valence-electron chi connectivity index (χ3n) is 3.75. The number of aliphatic hydroxyl groups is 1. The maximum absolute atomic E-state index is 9.56. The number of methoxy groups -OCH3 is 1. The van der Waals surface area contributed by atoms with Crippen LogP contribution in [0.5, 0.6) is 5.75 Å². The Labute approximate surface area is 101 Å². The van der Waals surface area contributed by atoms with Gasteiger partial charge in [-0.05, 0) is 37.0 Å². The number of hydrogen-bond acceptors (Lipinski definition) is 2. The fourth-order valence-electron chi connectivity index (χ4n) is 2.38. The highest BCUT2D eigenvalue weighted by Crippen LogP contribution is 2.56. The lowest BCUT2D eigenvalue weighted by molar-refractivity contribution is 0.243. The van der Waals surface area contributed by atoms with Gasteiger partial charge in [0, 0.05) is 16.0 Å². The molecule has 3 heteroatoms. The van der Waals surface area contributed by atoms with E-state index < -0.39 is 0 Å². The summed E-state index contributed by atoms with van der Waals surface area (Å²) in [4.78, 5) is 0. The molecule has 0 amide bonds. The summed E-state index contributed by atoms with van der Waals surface area (Å²) in [5.41, 5.74) is 1.91. The van der Waals surface area contributed by atoms with Crippen molar-refractivity contribution in [2.24, 2.45) is 5.92 Å². The molecule has 2 unspecified atom stereocenters. The van der Waals surface area contributed by atoms with E-state index in [0.717, 1.165) is 28.3 Å². The van der Waals surface area contributed by atoms with Crippen LogP contribution in [0.15, 0.2) is 12.1 Å². The van der Waals surface area contributed by atoms with Crippen LogP contribution < -0.4 is 4.74 Å². The second-order valence-electron chi connectivity index (χ2n) is 4.72. The van der Waals surface area contributed by atoms with Gasteiger partial charge in [0.15, 0.2) is 0 Å². The first-order valence-corrected chi connectivity index (χ1v) is 5.88. The van der Waals surface area contributed by atoms with Crippen molar-refractivity contribution >= 4 is 11.6 Å². The Balaban J connectivity index is 2.52. The quantitative estimate of drug-likeness (QED) is 0.880. The molecule has 2 nitrogen and oxygen atoms in total. The Morgan fingerprint density at radius 1 is 1.56 bits per heavy atom. The maximum atomic E-state index is 9.56. The Hall–Kier alpha value is -0.730. The molecule has 16 heavy (non-hydrogen) atoms. The number of aryl methyl sites for hydroxylation is 1. The molecule has 0 aliphatic heterocycles. The van der Waals surface area contributed by atoms with E-state index in [2.05, 4.69) is 6.92 Å². The summed E-state index contributed by atoms with van der Waals surface area (Å²) in [5.74, 6) is 1.32. The van der Waals surface area contributed by atoms with E-state index in [1.165, 1.54) is 0 Å².